The lowest BCUT2D eigenvalue weighted by Crippen LogP contribution is -2.03. The van der Waals surface area contributed by atoms with Gasteiger partial charge in [0.2, 0.25) is 0 Å². The van der Waals surface area contributed by atoms with Gasteiger partial charge in [-0.1, -0.05) is 30.7 Å². The van der Waals surface area contributed by atoms with Crippen LogP contribution in [0.1, 0.15) is 19.8 Å². The maximum Gasteiger partial charge on any atom is -0.00684 e. The Balaban J connectivity index is 2.45. The molecule has 8 heavy (non-hydrogen) atoms. The van der Waals surface area contributed by atoms with Crippen molar-refractivity contribution in [2.24, 2.45) is 5.41 Å². The van der Waals surface area contributed by atoms with Gasteiger partial charge < -0.3 is 0 Å². The van der Waals surface area contributed by atoms with Gasteiger partial charge >= 0.3 is 0 Å². The van der Waals surface area contributed by atoms with Crippen LogP contribution in [0, 0.1) is 5.41 Å². The lowest BCUT2D eigenvalue weighted by molar-refractivity contribution is 0.475. The van der Waals surface area contributed by atoms with Crippen LogP contribution in [0.5, 0.6) is 0 Å². The fourth-order valence-electron chi connectivity index (χ4n) is 1.54. The molecular weight excluding hydrogens is 96.1 g/mol. The molecule has 0 spiro atoms. The average Bonchev–Trinajstić information content (AvgIpc) is 2.21. The standard InChI is InChI=1S/C8H10/c1-8-4-2-7(6-8)3-5-8/h2-4H,5-6H2,1H3. The van der Waals surface area contributed by atoms with Crippen LogP contribution in [0.25, 0.3) is 0 Å². The Morgan fingerprint density at radius 2 is 2.50 bits per heavy atom. The molecule has 0 aromatic carbocycles. The Morgan fingerprint density at radius 1 is 1.62 bits per heavy atom. The van der Waals surface area contributed by atoms with Crippen molar-refractivity contribution in [1.82, 2.24) is 0 Å². The fourth-order valence-corrected chi connectivity index (χ4v) is 1.54. The van der Waals surface area contributed by atoms with E-state index >= 15 is 0 Å². The van der Waals surface area contributed by atoms with Crippen molar-refractivity contribution in [2.75, 3.05) is 0 Å². The van der Waals surface area contributed by atoms with Crippen LogP contribution in [-0.2, 0) is 0 Å². The minimum absolute atomic E-state index is 0.537. The van der Waals surface area contributed by atoms with Crippen molar-refractivity contribution < 1.29 is 0 Å². The Labute approximate surface area is 49.9 Å². The van der Waals surface area contributed by atoms with Crippen LogP contribution < -0.4 is 0 Å². The first-order valence-corrected chi connectivity index (χ1v) is 3.17. The molecule has 0 nitrogen and oxygen atoms in total. The normalized spacial score (nSPS) is 40.9. The summed E-state index contributed by atoms with van der Waals surface area (Å²) in [6, 6.07) is 0. The van der Waals surface area contributed by atoms with Crippen LogP contribution >= 0.6 is 0 Å². The van der Waals surface area contributed by atoms with Crippen LogP contribution in [0.2, 0.25) is 0 Å². The topological polar surface area (TPSA) is 0 Å². The molecule has 0 fully saturated rings. The Hall–Kier alpha value is -0.520. The van der Waals surface area contributed by atoms with Gasteiger partial charge in [-0.2, -0.15) is 0 Å². The van der Waals surface area contributed by atoms with Crippen molar-refractivity contribution in [2.45, 2.75) is 19.8 Å². The molecule has 0 amide bonds. The highest BCUT2D eigenvalue weighted by Gasteiger charge is 2.30. The zero-order valence-corrected chi connectivity index (χ0v) is 5.15. The fraction of sp³-hybridized carbons (Fsp3) is 0.500. The van der Waals surface area contributed by atoms with Gasteiger partial charge in [-0.3, -0.25) is 0 Å². The number of allylic oxidation sites excluding steroid dienone is 4. The van der Waals surface area contributed by atoms with Crippen molar-refractivity contribution >= 4 is 0 Å². The second-order valence-electron chi connectivity index (χ2n) is 3.15. The molecule has 2 aliphatic carbocycles. The molecule has 2 bridgehead atoms. The molecule has 1 unspecified atom stereocenters. The van der Waals surface area contributed by atoms with Crippen LogP contribution in [0.3, 0.4) is 0 Å². The second-order valence-corrected chi connectivity index (χ2v) is 3.15. The third kappa shape index (κ3) is 0.405. The van der Waals surface area contributed by atoms with E-state index in [4.69, 9.17) is 0 Å². The maximum atomic E-state index is 2.35. The Bertz CT molecular complexity index is 174. The van der Waals surface area contributed by atoms with E-state index in [1.807, 2.05) is 0 Å². The first kappa shape index (κ1) is 4.37. The zero-order valence-electron chi connectivity index (χ0n) is 5.15. The molecule has 0 saturated heterocycles. The first-order chi connectivity index (χ1) is 3.79. The largest absolute Gasteiger partial charge is 0.0804 e. The lowest BCUT2D eigenvalue weighted by Gasteiger charge is -2.13. The quantitative estimate of drug-likeness (QED) is 0.444. The van der Waals surface area contributed by atoms with Gasteiger partial charge in [0.1, 0.15) is 0 Å². The van der Waals surface area contributed by atoms with E-state index in [9.17, 15) is 0 Å². The van der Waals surface area contributed by atoms with E-state index in [2.05, 4.69) is 25.2 Å². The molecule has 0 aromatic rings. The van der Waals surface area contributed by atoms with Crippen molar-refractivity contribution in [3.05, 3.63) is 23.8 Å². The van der Waals surface area contributed by atoms with Crippen LogP contribution in [0.15, 0.2) is 23.8 Å². The van der Waals surface area contributed by atoms with Gasteiger partial charge in [0.15, 0.2) is 0 Å². The van der Waals surface area contributed by atoms with Crippen LogP contribution in [0.4, 0.5) is 0 Å². The Kier molecular flexibility index (Phi) is 0.585. The second kappa shape index (κ2) is 1.07. The molecule has 0 heterocycles. The number of hydrogen-bond donors (Lipinski definition) is 0. The first-order valence-electron chi connectivity index (χ1n) is 3.17. The molecule has 42 valence electrons. The molecule has 1 atom stereocenters. The van der Waals surface area contributed by atoms with Gasteiger partial charge in [-0.05, 0) is 18.3 Å². The molecule has 0 saturated carbocycles. The number of hydrogen-bond acceptors (Lipinski definition) is 0. The van der Waals surface area contributed by atoms with Crippen molar-refractivity contribution in [3.63, 3.8) is 0 Å². The molecule has 0 radical (unpaired) electrons. The average molecular weight is 106 g/mol. The van der Waals surface area contributed by atoms with Gasteiger partial charge in [-0.15, -0.1) is 0 Å². The monoisotopic (exact) mass is 106 g/mol. The van der Waals surface area contributed by atoms with E-state index in [1.54, 1.807) is 5.57 Å². The smallest absolute Gasteiger partial charge is 0.00684 e. The number of fused-ring (bicyclic) bond motifs is 2. The van der Waals surface area contributed by atoms with Gasteiger partial charge in [0.25, 0.3) is 0 Å². The summed E-state index contributed by atoms with van der Waals surface area (Å²) in [7, 11) is 0. The molecular formula is C8H10. The minimum Gasteiger partial charge on any atom is -0.0804 e. The predicted octanol–water partition coefficient (Wildman–Crippen LogP) is 2.28. The summed E-state index contributed by atoms with van der Waals surface area (Å²) in [6.45, 7) is 2.32. The summed E-state index contributed by atoms with van der Waals surface area (Å²) in [6.07, 6.45) is 9.51. The molecule has 0 aromatic heterocycles. The molecule has 0 aliphatic heterocycles. The third-order valence-electron chi connectivity index (χ3n) is 2.14. The van der Waals surface area contributed by atoms with Crippen LogP contribution in [-0.4, -0.2) is 0 Å². The number of rotatable bonds is 0. The molecule has 0 N–H and O–H groups in total. The summed E-state index contributed by atoms with van der Waals surface area (Å²) >= 11 is 0. The van der Waals surface area contributed by atoms with E-state index in [1.165, 1.54) is 12.8 Å². The van der Waals surface area contributed by atoms with Gasteiger partial charge in [0, 0.05) is 0 Å². The van der Waals surface area contributed by atoms with E-state index < -0.39 is 0 Å². The van der Waals surface area contributed by atoms with Crippen molar-refractivity contribution in [3.8, 4) is 0 Å². The van der Waals surface area contributed by atoms with E-state index in [-0.39, 0.29) is 0 Å². The van der Waals surface area contributed by atoms with Crippen molar-refractivity contribution in [1.29, 1.82) is 0 Å². The minimum atomic E-state index is 0.537. The SMILES string of the molecule is CC12C=CC(=CC1)C2. The van der Waals surface area contributed by atoms with E-state index in [0.717, 1.165) is 0 Å². The molecule has 0 heteroatoms. The highest BCUT2D eigenvalue weighted by Crippen LogP contribution is 2.44. The highest BCUT2D eigenvalue weighted by atomic mass is 14.3. The summed E-state index contributed by atoms with van der Waals surface area (Å²) in [5, 5.41) is 0. The van der Waals surface area contributed by atoms with Gasteiger partial charge in [-0.25, -0.2) is 0 Å². The van der Waals surface area contributed by atoms with E-state index in [0.29, 0.717) is 5.41 Å². The molecule has 2 rings (SSSR count). The van der Waals surface area contributed by atoms with Gasteiger partial charge in [0.05, 0.1) is 0 Å². The zero-order chi connectivity index (χ0) is 5.61. The maximum absolute atomic E-state index is 2.35. The highest BCUT2D eigenvalue weighted by molar-refractivity contribution is 5.35. The third-order valence-corrected chi connectivity index (χ3v) is 2.14. The molecule has 2 aliphatic rings. The predicted molar refractivity (Wildman–Crippen MR) is 34.6 cm³/mol. The summed E-state index contributed by atoms with van der Waals surface area (Å²) in [4.78, 5) is 0. The summed E-state index contributed by atoms with van der Waals surface area (Å²) < 4.78 is 0. The summed E-state index contributed by atoms with van der Waals surface area (Å²) in [5.74, 6) is 0. The lowest BCUT2D eigenvalue weighted by atomic mass is 9.91. The Morgan fingerprint density at radius 3 is 2.62 bits per heavy atom. The summed E-state index contributed by atoms with van der Waals surface area (Å²) in [5.41, 5.74) is 2.09.